The Labute approximate surface area is 131 Å². The summed E-state index contributed by atoms with van der Waals surface area (Å²) in [5, 5.41) is 4.41. The molecule has 0 unspecified atom stereocenters. The quantitative estimate of drug-likeness (QED) is 0.683. The van der Waals surface area contributed by atoms with Crippen molar-refractivity contribution in [3.63, 3.8) is 0 Å². The minimum atomic E-state index is 0.845. The van der Waals surface area contributed by atoms with Crippen molar-refractivity contribution in [3.05, 3.63) is 57.9 Å². The van der Waals surface area contributed by atoms with Crippen molar-refractivity contribution in [1.82, 2.24) is 9.97 Å². The van der Waals surface area contributed by atoms with Crippen LogP contribution in [0.25, 0.3) is 10.9 Å². The Morgan fingerprint density at radius 3 is 2.60 bits per heavy atom. The number of nitrogens with zero attached hydrogens (tertiary/aromatic N) is 2. The van der Waals surface area contributed by atoms with Crippen LogP contribution in [0.1, 0.15) is 12.5 Å². The first-order chi connectivity index (χ1) is 9.76. The lowest BCUT2D eigenvalue weighted by atomic mass is 10.1. The van der Waals surface area contributed by atoms with Crippen molar-refractivity contribution < 1.29 is 0 Å². The van der Waals surface area contributed by atoms with Crippen LogP contribution in [0.3, 0.4) is 0 Å². The Bertz CT molecular complexity index is 738. The first-order valence-electron chi connectivity index (χ1n) is 6.52. The molecule has 3 aromatic rings. The molecule has 0 saturated carbocycles. The van der Waals surface area contributed by atoms with Crippen molar-refractivity contribution in [1.29, 1.82) is 0 Å². The van der Waals surface area contributed by atoms with Gasteiger partial charge < -0.3 is 5.32 Å². The highest BCUT2D eigenvalue weighted by atomic mass is 127. The first kappa shape index (κ1) is 13.3. The number of anilines is 2. The molecule has 1 aromatic heterocycles. The summed E-state index contributed by atoms with van der Waals surface area (Å²) in [7, 11) is 0. The average Bonchev–Trinajstić information content (AvgIpc) is 2.49. The Balaban J connectivity index is 1.99. The molecule has 0 fully saturated rings. The van der Waals surface area contributed by atoms with Gasteiger partial charge in [0.25, 0.3) is 0 Å². The van der Waals surface area contributed by atoms with Crippen LogP contribution in [0.2, 0.25) is 0 Å². The Hall–Kier alpha value is -1.69. The highest BCUT2D eigenvalue weighted by Gasteiger charge is 2.04. The zero-order valence-electron chi connectivity index (χ0n) is 11.1. The van der Waals surface area contributed by atoms with Gasteiger partial charge >= 0.3 is 0 Å². The number of aryl methyl sites for hydroxylation is 1. The van der Waals surface area contributed by atoms with Gasteiger partial charge in [-0.1, -0.05) is 19.1 Å². The van der Waals surface area contributed by atoms with Crippen LogP contribution in [0.5, 0.6) is 0 Å². The highest BCUT2D eigenvalue weighted by molar-refractivity contribution is 14.1. The van der Waals surface area contributed by atoms with Crippen LogP contribution < -0.4 is 5.32 Å². The molecule has 0 saturated heterocycles. The number of halogens is 1. The molecule has 0 atom stereocenters. The molecule has 3 nitrogen and oxygen atoms in total. The highest BCUT2D eigenvalue weighted by Crippen LogP contribution is 2.24. The van der Waals surface area contributed by atoms with Crippen molar-refractivity contribution >= 4 is 45.0 Å². The van der Waals surface area contributed by atoms with E-state index in [1.807, 2.05) is 6.07 Å². The van der Waals surface area contributed by atoms with Gasteiger partial charge in [-0.25, -0.2) is 9.97 Å². The molecule has 1 N–H and O–H groups in total. The van der Waals surface area contributed by atoms with Crippen LogP contribution >= 0.6 is 22.6 Å². The van der Waals surface area contributed by atoms with Crippen molar-refractivity contribution in [2.45, 2.75) is 13.3 Å². The Morgan fingerprint density at radius 2 is 1.85 bits per heavy atom. The molecule has 1 heterocycles. The van der Waals surface area contributed by atoms with Crippen LogP contribution in [0.4, 0.5) is 11.5 Å². The van der Waals surface area contributed by atoms with Crippen molar-refractivity contribution in [3.8, 4) is 0 Å². The summed E-state index contributed by atoms with van der Waals surface area (Å²) in [6, 6.07) is 14.6. The number of benzene rings is 2. The second kappa shape index (κ2) is 5.75. The predicted octanol–water partition coefficient (Wildman–Crippen LogP) is 4.54. The van der Waals surface area contributed by atoms with Gasteiger partial charge in [0.2, 0.25) is 0 Å². The number of hydrogen-bond donors (Lipinski definition) is 1. The molecule has 4 heteroatoms. The lowest BCUT2D eigenvalue weighted by Gasteiger charge is -2.09. The minimum Gasteiger partial charge on any atom is -0.340 e. The molecule has 0 amide bonds. The summed E-state index contributed by atoms with van der Waals surface area (Å²) in [4.78, 5) is 8.66. The topological polar surface area (TPSA) is 37.8 Å². The fourth-order valence-electron chi connectivity index (χ4n) is 2.09. The van der Waals surface area contributed by atoms with E-state index in [0.29, 0.717) is 0 Å². The fourth-order valence-corrected chi connectivity index (χ4v) is 2.58. The zero-order valence-corrected chi connectivity index (χ0v) is 13.3. The minimum absolute atomic E-state index is 0.845. The summed E-state index contributed by atoms with van der Waals surface area (Å²) in [5.41, 5.74) is 3.33. The van der Waals surface area contributed by atoms with Crippen LogP contribution in [-0.4, -0.2) is 9.97 Å². The summed E-state index contributed by atoms with van der Waals surface area (Å²) in [6.45, 7) is 2.16. The maximum atomic E-state index is 4.36. The molecular formula is C16H14IN3. The summed E-state index contributed by atoms with van der Waals surface area (Å²) in [6.07, 6.45) is 2.65. The largest absolute Gasteiger partial charge is 0.340 e. The summed E-state index contributed by atoms with van der Waals surface area (Å²) in [5.74, 6) is 0.845. The van der Waals surface area contributed by atoms with E-state index in [1.165, 1.54) is 9.13 Å². The molecule has 0 aliphatic rings. The molecule has 2 aromatic carbocycles. The number of rotatable bonds is 3. The van der Waals surface area contributed by atoms with Gasteiger partial charge in [0.05, 0.1) is 5.52 Å². The van der Waals surface area contributed by atoms with Gasteiger partial charge in [-0.05, 0) is 64.9 Å². The molecule has 20 heavy (non-hydrogen) atoms. The molecule has 0 bridgehead atoms. The van der Waals surface area contributed by atoms with Crippen LogP contribution in [-0.2, 0) is 6.42 Å². The zero-order chi connectivity index (χ0) is 13.9. The molecular weight excluding hydrogens is 361 g/mol. The smallest absolute Gasteiger partial charge is 0.141 e. The number of hydrogen-bond acceptors (Lipinski definition) is 3. The lowest BCUT2D eigenvalue weighted by Crippen LogP contribution is -1.96. The summed E-state index contributed by atoms with van der Waals surface area (Å²) >= 11 is 2.30. The van der Waals surface area contributed by atoms with E-state index < -0.39 is 0 Å². The van der Waals surface area contributed by atoms with Gasteiger partial charge in [0.1, 0.15) is 12.1 Å². The van der Waals surface area contributed by atoms with E-state index in [9.17, 15) is 0 Å². The maximum Gasteiger partial charge on any atom is 0.141 e. The number of fused-ring (bicyclic) bond motifs is 1. The SMILES string of the molecule is CCc1ccc(Nc2ncnc3ccc(I)cc23)cc1. The standard InChI is InChI=1S/C16H14IN3/c1-2-11-3-6-13(7-4-11)20-16-14-9-12(17)5-8-15(14)18-10-19-16/h3-10H,2H2,1H3,(H,18,19,20). The molecule has 100 valence electrons. The first-order valence-corrected chi connectivity index (χ1v) is 7.60. The second-order valence-corrected chi connectivity index (χ2v) is 5.80. The molecule has 0 radical (unpaired) electrons. The second-order valence-electron chi connectivity index (χ2n) is 4.56. The van der Waals surface area contributed by atoms with E-state index in [4.69, 9.17) is 0 Å². The normalized spacial score (nSPS) is 10.7. The number of nitrogens with one attached hydrogen (secondary N) is 1. The van der Waals surface area contributed by atoms with E-state index in [-0.39, 0.29) is 0 Å². The number of aromatic nitrogens is 2. The molecule has 3 rings (SSSR count). The molecule has 0 aliphatic carbocycles. The van der Waals surface area contributed by atoms with Gasteiger partial charge in [0, 0.05) is 14.6 Å². The monoisotopic (exact) mass is 375 g/mol. The van der Waals surface area contributed by atoms with Crippen LogP contribution in [0.15, 0.2) is 48.8 Å². The third-order valence-corrected chi connectivity index (χ3v) is 3.89. The van der Waals surface area contributed by atoms with E-state index in [2.05, 4.69) is 81.2 Å². The molecule has 0 spiro atoms. The van der Waals surface area contributed by atoms with Gasteiger partial charge in [-0.15, -0.1) is 0 Å². The van der Waals surface area contributed by atoms with E-state index >= 15 is 0 Å². The van der Waals surface area contributed by atoms with Crippen molar-refractivity contribution in [2.24, 2.45) is 0 Å². The Kier molecular flexibility index (Phi) is 3.82. The molecule has 0 aliphatic heterocycles. The van der Waals surface area contributed by atoms with Crippen LogP contribution in [0, 0.1) is 3.57 Å². The summed E-state index contributed by atoms with van der Waals surface area (Å²) < 4.78 is 1.18. The average molecular weight is 375 g/mol. The fraction of sp³-hybridized carbons (Fsp3) is 0.125. The van der Waals surface area contributed by atoms with Gasteiger partial charge in [-0.3, -0.25) is 0 Å². The van der Waals surface area contributed by atoms with Gasteiger partial charge in [0.15, 0.2) is 0 Å². The maximum absolute atomic E-state index is 4.36. The third-order valence-electron chi connectivity index (χ3n) is 3.22. The van der Waals surface area contributed by atoms with Gasteiger partial charge in [-0.2, -0.15) is 0 Å². The predicted molar refractivity (Wildman–Crippen MR) is 91.4 cm³/mol. The third kappa shape index (κ3) is 2.75. The van der Waals surface area contributed by atoms with E-state index in [1.54, 1.807) is 6.33 Å². The lowest BCUT2D eigenvalue weighted by molar-refractivity contribution is 1.14. The Morgan fingerprint density at radius 1 is 1.05 bits per heavy atom. The van der Waals surface area contributed by atoms with E-state index in [0.717, 1.165) is 28.8 Å². The van der Waals surface area contributed by atoms with Crippen molar-refractivity contribution in [2.75, 3.05) is 5.32 Å².